The van der Waals surface area contributed by atoms with Gasteiger partial charge in [0.25, 0.3) is 0 Å². The highest BCUT2D eigenvalue weighted by Gasteiger charge is 2.53. The summed E-state index contributed by atoms with van der Waals surface area (Å²) in [6.07, 6.45) is 55.0. The Hall–Kier alpha value is -3.55. The molecule has 3 aliphatic heterocycles. The second-order valence-corrected chi connectivity index (χ2v) is 27.1. The number of carbonyl (C=O) groups is 1. The van der Waals surface area contributed by atoms with Gasteiger partial charge in [-0.1, -0.05) is 271 Å². The molecule has 0 aromatic rings. The summed E-state index contributed by atoms with van der Waals surface area (Å²) in [4.78, 5) is 13.4. The van der Waals surface area contributed by atoms with Crippen LogP contribution < -0.4 is 5.32 Å². The summed E-state index contributed by atoms with van der Waals surface area (Å²) < 4.78 is 34.4. The van der Waals surface area contributed by atoms with Gasteiger partial charge in [-0.25, -0.2) is 0 Å². The summed E-state index contributed by atoms with van der Waals surface area (Å²) in [7, 11) is 0. The van der Waals surface area contributed by atoms with E-state index in [0.717, 1.165) is 89.9 Å². The number of allylic oxidation sites excluding steroid dienone is 17. The number of ether oxygens (including phenoxy) is 6. The minimum absolute atomic E-state index is 0.230. The molecule has 0 spiro atoms. The fourth-order valence-corrected chi connectivity index (χ4v) is 12.4. The molecule has 17 unspecified atom stereocenters. The lowest BCUT2D eigenvalue weighted by molar-refractivity contribution is -0.379. The molecule has 3 fully saturated rings. The number of amides is 1. The predicted molar refractivity (Wildman–Crippen MR) is 392 cm³/mol. The van der Waals surface area contributed by atoms with Crippen molar-refractivity contribution in [3.05, 3.63) is 109 Å². The molecule has 3 saturated heterocycles. The Morgan fingerprint density at radius 1 is 0.374 bits per heavy atom. The van der Waals surface area contributed by atoms with Crippen molar-refractivity contribution in [2.45, 2.75) is 362 Å². The zero-order valence-corrected chi connectivity index (χ0v) is 60.7. The molecule has 3 rings (SSSR count). The summed E-state index contributed by atoms with van der Waals surface area (Å²) in [5.74, 6) is -0.288. The van der Waals surface area contributed by atoms with Crippen molar-refractivity contribution >= 4 is 5.91 Å². The van der Waals surface area contributed by atoms with Crippen molar-refractivity contribution in [1.29, 1.82) is 0 Å². The Balaban J connectivity index is 1.35. The molecular formula is C80H137NO18. The van der Waals surface area contributed by atoms with Gasteiger partial charge in [-0.15, -0.1) is 0 Å². The number of aliphatic hydroxyl groups excluding tert-OH is 11. The van der Waals surface area contributed by atoms with Crippen LogP contribution in [0.15, 0.2) is 109 Å². The van der Waals surface area contributed by atoms with Crippen LogP contribution in [-0.4, -0.2) is 193 Å². The first-order chi connectivity index (χ1) is 48.3. The van der Waals surface area contributed by atoms with E-state index < -0.39 is 124 Å². The molecule has 12 N–H and O–H groups in total. The third kappa shape index (κ3) is 40.3. The Morgan fingerprint density at radius 2 is 0.707 bits per heavy atom. The summed E-state index contributed by atoms with van der Waals surface area (Å²) >= 11 is 0. The second-order valence-electron chi connectivity index (χ2n) is 27.1. The third-order valence-electron chi connectivity index (χ3n) is 18.6. The van der Waals surface area contributed by atoms with Crippen LogP contribution in [0.25, 0.3) is 0 Å². The summed E-state index contributed by atoms with van der Waals surface area (Å²) in [6, 6.07) is -0.996. The molecule has 1 amide bonds. The zero-order valence-electron chi connectivity index (χ0n) is 60.7. The molecule has 0 saturated carbocycles. The van der Waals surface area contributed by atoms with E-state index in [1.807, 2.05) is 6.08 Å². The van der Waals surface area contributed by atoms with E-state index in [0.29, 0.717) is 12.8 Å². The fraction of sp³-hybridized carbons (Fsp3) is 0.762. The lowest BCUT2D eigenvalue weighted by atomic mass is 9.96. The van der Waals surface area contributed by atoms with Gasteiger partial charge in [0.1, 0.15) is 73.2 Å². The number of carbonyl (C=O) groups excluding carboxylic acids is 1. The normalized spacial score (nSPS) is 27.2. The van der Waals surface area contributed by atoms with E-state index >= 15 is 0 Å². The van der Waals surface area contributed by atoms with Gasteiger partial charge in [-0.3, -0.25) is 4.79 Å². The molecule has 0 aromatic carbocycles. The Bertz CT molecular complexity index is 2220. The Labute approximate surface area is 595 Å². The van der Waals surface area contributed by atoms with E-state index in [-0.39, 0.29) is 18.9 Å². The van der Waals surface area contributed by atoms with E-state index in [1.165, 1.54) is 135 Å². The average molecular weight is 1400 g/mol. The topological polar surface area (TPSA) is 307 Å². The highest BCUT2D eigenvalue weighted by molar-refractivity contribution is 5.76. The molecule has 0 aromatic heterocycles. The highest BCUT2D eigenvalue weighted by atomic mass is 16.8. The molecule has 0 aliphatic carbocycles. The molecule has 0 radical (unpaired) electrons. The van der Waals surface area contributed by atoms with Gasteiger partial charge in [0.2, 0.25) is 5.91 Å². The Morgan fingerprint density at radius 3 is 1.13 bits per heavy atom. The van der Waals surface area contributed by atoms with E-state index in [1.54, 1.807) is 6.08 Å². The summed E-state index contributed by atoms with van der Waals surface area (Å²) in [5.41, 5.74) is 0. The molecule has 570 valence electrons. The Kier molecular flexibility index (Phi) is 54.2. The van der Waals surface area contributed by atoms with Gasteiger partial charge < -0.3 is 89.9 Å². The van der Waals surface area contributed by atoms with Crippen LogP contribution in [0.2, 0.25) is 0 Å². The van der Waals surface area contributed by atoms with Crippen molar-refractivity contribution in [2.24, 2.45) is 0 Å². The molecule has 17 atom stereocenters. The SMILES string of the molecule is CC/C=C\C/C=C\C/C=C\C/C=C\C/C=C\C/C=C\C/C=C\CCCCCCCCCCCCCCCCCC(=O)NC(COC1OC(CO)C(OC2OC(CO)C(OC3OC(CO)C(O)C(O)C3O)C(O)C2O)C(O)C1O)C(O)/C=C/CC/C=C/CCCCCCCCCCCCC. The molecule has 19 heteroatoms. The smallest absolute Gasteiger partial charge is 0.220 e. The van der Waals surface area contributed by atoms with Crippen molar-refractivity contribution in [3.63, 3.8) is 0 Å². The van der Waals surface area contributed by atoms with Crippen molar-refractivity contribution in [2.75, 3.05) is 26.4 Å². The largest absolute Gasteiger partial charge is 0.394 e. The molecule has 19 nitrogen and oxygen atoms in total. The van der Waals surface area contributed by atoms with Crippen molar-refractivity contribution in [1.82, 2.24) is 5.32 Å². The monoisotopic (exact) mass is 1400 g/mol. The van der Waals surface area contributed by atoms with Gasteiger partial charge in [0, 0.05) is 6.42 Å². The van der Waals surface area contributed by atoms with Crippen molar-refractivity contribution < 1.29 is 89.4 Å². The first kappa shape index (κ1) is 89.7. The second kappa shape index (κ2) is 59.8. The number of nitrogens with one attached hydrogen (secondary N) is 1. The lowest BCUT2D eigenvalue weighted by Gasteiger charge is -2.48. The number of unbranched alkanes of at least 4 members (excludes halogenated alkanes) is 27. The van der Waals surface area contributed by atoms with Crippen LogP contribution in [-0.2, 0) is 33.2 Å². The highest BCUT2D eigenvalue weighted by Crippen LogP contribution is 2.33. The van der Waals surface area contributed by atoms with Gasteiger partial charge in [0.15, 0.2) is 18.9 Å². The quantitative estimate of drug-likeness (QED) is 0.0199. The molecule has 3 heterocycles. The maximum absolute atomic E-state index is 13.4. The zero-order chi connectivity index (χ0) is 71.8. The maximum Gasteiger partial charge on any atom is 0.220 e. The third-order valence-corrected chi connectivity index (χ3v) is 18.6. The van der Waals surface area contributed by atoms with Crippen LogP contribution in [0, 0.1) is 0 Å². The van der Waals surface area contributed by atoms with Gasteiger partial charge in [0.05, 0.1) is 38.6 Å². The first-order valence-corrected chi connectivity index (χ1v) is 38.6. The number of hydrogen-bond acceptors (Lipinski definition) is 18. The maximum atomic E-state index is 13.4. The van der Waals surface area contributed by atoms with Crippen LogP contribution in [0.3, 0.4) is 0 Å². The van der Waals surface area contributed by atoms with Gasteiger partial charge >= 0.3 is 0 Å². The number of hydrogen-bond donors (Lipinski definition) is 12. The number of rotatable bonds is 59. The molecule has 0 bridgehead atoms. The van der Waals surface area contributed by atoms with Crippen LogP contribution in [0.1, 0.15) is 258 Å². The van der Waals surface area contributed by atoms with Crippen LogP contribution >= 0.6 is 0 Å². The standard InChI is InChI=1S/C80H137NO18/c1-3-5-7-9-11-13-15-17-19-21-22-23-24-25-26-27-28-29-30-31-32-33-34-35-36-37-38-39-40-42-44-46-48-50-52-54-56-58-68(86)81-63(64(85)57-55-53-51-49-47-45-43-41-20-18-16-14-12-10-8-6-4-2)62-94-78-74(92)71(89)76(66(60-83)96-78)99-80-75(93)72(90)77(67(61-84)97-80)98-79-73(91)70(88)69(87)65(59-82)95-79/h5,7,11,13,17,19,22-23,25-26,28-29,31-32,47,49,55,57,63-67,69-80,82-85,87-93H,3-4,6,8-10,12,14-16,18,20-21,24,27,30,33-46,48,50-54,56,58-62H2,1-2H3,(H,81,86)/b7-5-,13-11-,19-17-,23-22-,26-25-,29-28-,32-31-,49-47+,57-55+. The van der Waals surface area contributed by atoms with Gasteiger partial charge in [-0.2, -0.15) is 0 Å². The van der Waals surface area contributed by atoms with E-state index in [4.69, 9.17) is 28.4 Å². The molecular weight excluding hydrogens is 1260 g/mol. The number of aliphatic hydroxyl groups is 11. The van der Waals surface area contributed by atoms with Crippen LogP contribution in [0.5, 0.6) is 0 Å². The molecule has 3 aliphatic rings. The van der Waals surface area contributed by atoms with Gasteiger partial charge in [-0.05, 0) is 89.9 Å². The van der Waals surface area contributed by atoms with Crippen molar-refractivity contribution in [3.8, 4) is 0 Å². The van der Waals surface area contributed by atoms with E-state index in [2.05, 4.69) is 116 Å². The first-order valence-electron chi connectivity index (χ1n) is 38.6. The fourth-order valence-electron chi connectivity index (χ4n) is 12.4. The van der Waals surface area contributed by atoms with E-state index in [9.17, 15) is 61.0 Å². The minimum Gasteiger partial charge on any atom is -0.394 e. The minimum atomic E-state index is -1.98. The summed E-state index contributed by atoms with van der Waals surface area (Å²) in [6.45, 7) is 1.60. The average Bonchev–Trinajstić information content (AvgIpc) is 0.786. The van der Waals surface area contributed by atoms with Crippen LogP contribution in [0.4, 0.5) is 0 Å². The molecule has 99 heavy (non-hydrogen) atoms. The predicted octanol–water partition coefficient (Wildman–Crippen LogP) is 12.2. The lowest BCUT2D eigenvalue weighted by Crippen LogP contribution is -2.66. The summed E-state index contributed by atoms with van der Waals surface area (Å²) in [5, 5.41) is 121.